The number of nitrogens with two attached hydrogens (primary N) is 1. The van der Waals surface area contributed by atoms with Gasteiger partial charge in [-0.1, -0.05) is 6.07 Å². The van der Waals surface area contributed by atoms with Crippen molar-refractivity contribution in [1.82, 2.24) is 0 Å². The molecule has 0 amide bonds. The first-order valence-corrected chi connectivity index (χ1v) is 5.55. The minimum absolute atomic E-state index is 0.258. The third-order valence-electron chi connectivity index (χ3n) is 1.81. The number of ether oxygens (including phenoxy) is 1. The molecule has 0 unspecified atom stereocenters. The molecule has 0 aliphatic heterocycles. The molecule has 0 saturated carbocycles. The molecule has 4 heteroatoms. The van der Waals surface area contributed by atoms with E-state index in [-0.39, 0.29) is 6.61 Å². The molecule has 1 rings (SSSR count). The van der Waals surface area contributed by atoms with E-state index in [1.54, 1.807) is 13.8 Å². The number of aliphatic hydroxyl groups is 1. The predicted octanol–water partition coefficient (Wildman–Crippen LogP) is 2.06. The van der Waals surface area contributed by atoms with Gasteiger partial charge in [-0.25, -0.2) is 0 Å². The fourth-order valence-electron chi connectivity index (χ4n) is 1.04. The van der Waals surface area contributed by atoms with E-state index < -0.39 is 5.60 Å². The summed E-state index contributed by atoms with van der Waals surface area (Å²) in [4.78, 5) is 0. The molecule has 0 spiro atoms. The van der Waals surface area contributed by atoms with Crippen LogP contribution in [0.4, 0.5) is 0 Å². The van der Waals surface area contributed by atoms with Gasteiger partial charge in [0.2, 0.25) is 0 Å². The average Bonchev–Trinajstić information content (AvgIpc) is 2.14. The van der Waals surface area contributed by atoms with E-state index >= 15 is 0 Å². The van der Waals surface area contributed by atoms with Crippen LogP contribution >= 0.6 is 15.9 Å². The van der Waals surface area contributed by atoms with Crippen molar-refractivity contribution in [2.45, 2.75) is 26.0 Å². The van der Waals surface area contributed by atoms with Crippen LogP contribution in [0.3, 0.4) is 0 Å². The quantitative estimate of drug-likeness (QED) is 0.883. The van der Waals surface area contributed by atoms with Crippen molar-refractivity contribution in [1.29, 1.82) is 0 Å². The van der Waals surface area contributed by atoms with Gasteiger partial charge >= 0.3 is 0 Å². The summed E-state index contributed by atoms with van der Waals surface area (Å²) in [5, 5.41) is 9.51. The minimum atomic E-state index is -0.827. The molecule has 0 fully saturated rings. The first kappa shape index (κ1) is 12.5. The van der Waals surface area contributed by atoms with Crippen LogP contribution in [0.2, 0.25) is 0 Å². The van der Waals surface area contributed by atoms with E-state index in [9.17, 15) is 5.11 Å². The molecule has 0 radical (unpaired) electrons. The normalized spacial score (nSPS) is 11.5. The summed E-state index contributed by atoms with van der Waals surface area (Å²) in [6.45, 7) is 4.17. The molecule has 1 aromatic rings. The maximum absolute atomic E-state index is 9.51. The number of benzene rings is 1. The zero-order valence-electron chi connectivity index (χ0n) is 8.96. The second-order valence-corrected chi connectivity index (χ2v) is 4.92. The van der Waals surface area contributed by atoms with E-state index in [1.165, 1.54) is 0 Å². The van der Waals surface area contributed by atoms with Gasteiger partial charge in [0, 0.05) is 6.54 Å². The topological polar surface area (TPSA) is 55.5 Å². The second-order valence-electron chi connectivity index (χ2n) is 4.07. The Morgan fingerprint density at radius 3 is 2.60 bits per heavy atom. The Morgan fingerprint density at radius 2 is 2.13 bits per heavy atom. The Bertz CT molecular complexity index is 334. The molecule has 0 aliphatic rings. The lowest BCUT2D eigenvalue weighted by atomic mass is 10.1. The number of hydrogen-bond donors (Lipinski definition) is 2. The molecule has 0 aliphatic carbocycles. The minimum Gasteiger partial charge on any atom is -0.489 e. The molecule has 84 valence electrons. The third kappa shape index (κ3) is 4.20. The molecular weight excluding hydrogens is 258 g/mol. The number of hydrogen-bond acceptors (Lipinski definition) is 3. The van der Waals surface area contributed by atoms with Crippen molar-refractivity contribution in [3.8, 4) is 5.75 Å². The van der Waals surface area contributed by atoms with Crippen molar-refractivity contribution in [3.63, 3.8) is 0 Å². The predicted molar refractivity (Wildman–Crippen MR) is 63.8 cm³/mol. The van der Waals surface area contributed by atoms with Crippen LogP contribution in [0.1, 0.15) is 19.4 Å². The molecular formula is C11H16BrNO2. The molecule has 0 aromatic heterocycles. The van der Waals surface area contributed by atoms with E-state index in [0.29, 0.717) is 12.3 Å². The van der Waals surface area contributed by atoms with Gasteiger partial charge in [-0.2, -0.15) is 0 Å². The monoisotopic (exact) mass is 273 g/mol. The number of halogens is 1. The molecule has 15 heavy (non-hydrogen) atoms. The highest BCUT2D eigenvalue weighted by molar-refractivity contribution is 9.10. The van der Waals surface area contributed by atoms with Gasteiger partial charge in [-0.3, -0.25) is 0 Å². The van der Waals surface area contributed by atoms with Gasteiger partial charge in [-0.05, 0) is 47.5 Å². The summed E-state index contributed by atoms with van der Waals surface area (Å²) in [7, 11) is 0. The molecule has 0 atom stereocenters. The van der Waals surface area contributed by atoms with Crippen molar-refractivity contribution < 1.29 is 9.84 Å². The molecule has 0 heterocycles. The van der Waals surface area contributed by atoms with Gasteiger partial charge in [0.15, 0.2) is 0 Å². The summed E-state index contributed by atoms with van der Waals surface area (Å²) in [6, 6.07) is 5.67. The molecule has 0 bridgehead atoms. The van der Waals surface area contributed by atoms with Gasteiger partial charge in [-0.15, -0.1) is 0 Å². The third-order valence-corrected chi connectivity index (χ3v) is 2.43. The SMILES string of the molecule is CC(C)(O)COc1ccc(CN)cc1Br. The maximum Gasteiger partial charge on any atom is 0.133 e. The summed E-state index contributed by atoms with van der Waals surface area (Å²) < 4.78 is 6.32. The summed E-state index contributed by atoms with van der Waals surface area (Å²) in [6.07, 6.45) is 0. The van der Waals surface area contributed by atoms with Gasteiger partial charge in [0.1, 0.15) is 12.4 Å². The van der Waals surface area contributed by atoms with Crippen LogP contribution in [0, 0.1) is 0 Å². The largest absolute Gasteiger partial charge is 0.489 e. The Hall–Kier alpha value is -0.580. The van der Waals surface area contributed by atoms with Crippen LogP contribution < -0.4 is 10.5 Å². The van der Waals surface area contributed by atoms with Crippen molar-refractivity contribution in [3.05, 3.63) is 28.2 Å². The highest BCUT2D eigenvalue weighted by atomic mass is 79.9. The van der Waals surface area contributed by atoms with E-state index in [2.05, 4.69) is 15.9 Å². The Kier molecular flexibility index (Phi) is 4.13. The molecule has 0 saturated heterocycles. The molecule has 3 nitrogen and oxygen atoms in total. The zero-order valence-corrected chi connectivity index (χ0v) is 10.5. The summed E-state index contributed by atoms with van der Waals surface area (Å²) >= 11 is 3.39. The smallest absolute Gasteiger partial charge is 0.133 e. The highest BCUT2D eigenvalue weighted by Crippen LogP contribution is 2.26. The van der Waals surface area contributed by atoms with Gasteiger partial charge in [0.05, 0.1) is 10.1 Å². The molecule has 1 aromatic carbocycles. The van der Waals surface area contributed by atoms with Crippen LogP contribution in [0.5, 0.6) is 5.75 Å². The average molecular weight is 274 g/mol. The number of rotatable bonds is 4. The maximum atomic E-state index is 9.51. The summed E-state index contributed by atoms with van der Waals surface area (Å²) in [5.74, 6) is 0.717. The first-order chi connectivity index (χ1) is 6.92. The Morgan fingerprint density at radius 1 is 1.47 bits per heavy atom. The zero-order chi connectivity index (χ0) is 11.5. The second kappa shape index (κ2) is 4.96. The Labute approximate surface area is 98.4 Å². The van der Waals surface area contributed by atoms with Crippen LogP contribution in [-0.4, -0.2) is 17.3 Å². The van der Waals surface area contributed by atoms with E-state index in [4.69, 9.17) is 10.5 Å². The van der Waals surface area contributed by atoms with E-state index in [0.717, 1.165) is 10.0 Å². The highest BCUT2D eigenvalue weighted by Gasteiger charge is 2.14. The van der Waals surface area contributed by atoms with Crippen molar-refractivity contribution in [2.75, 3.05) is 6.61 Å². The van der Waals surface area contributed by atoms with Crippen LogP contribution in [-0.2, 0) is 6.54 Å². The van der Waals surface area contributed by atoms with E-state index in [1.807, 2.05) is 18.2 Å². The fraction of sp³-hybridized carbons (Fsp3) is 0.455. The lowest BCUT2D eigenvalue weighted by Gasteiger charge is -2.18. The standard InChI is InChI=1S/C11H16BrNO2/c1-11(2,14)7-15-10-4-3-8(6-13)5-9(10)12/h3-5,14H,6-7,13H2,1-2H3. The lowest BCUT2D eigenvalue weighted by Crippen LogP contribution is -2.27. The van der Waals surface area contributed by atoms with Crippen LogP contribution in [0.15, 0.2) is 22.7 Å². The fourth-order valence-corrected chi connectivity index (χ4v) is 1.58. The van der Waals surface area contributed by atoms with Gasteiger partial charge in [0.25, 0.3) is 0 Å². The Balaban J connectivity index is 2.70. The van der Waals surface area contributed by atoms with Crippen molar-refractivity contribution >= 4 is 15.9 Å². The lowest BCUT2D eigenvalue weighted by molar-refractivity contribution is 0.0282. The van der Waals surface area contributed by atoms with Gasteiger partial charge < -0.3 is 15.6 Å². The van der Waals surface area contributed by atoms with Crippen LogP contribution in [0.25, 0.3) is 0 Å². The molecule has 3 N–H and O–H groups in total. The first-order valence-electron chi connectivity index (χ1n) is 4.76. The van der Waals surface area contributed by atoms with Crippen molar-refractivity contribution in [2.24, 2.45) is 5.73 Å². The summed E-state index contributed by atoms with van der Waals surface area (Å²) in [5.41, 5.74) is 5.72.